The summed E-state index contributed by atoms with van der Waals surface area (Å²) >= 11 is 1.75. The predicted molar refractivity (Wildman–Crippen MR) is 96.7 cm³/mol. The van der Waals surface area contributed by atoms with Crippen molar-refractivity contribution in [2.24, 2.45) is 0 Å². The molecule has 0 saturated carbocycles. The third-order valence-electron chi connectivity index (χ3n) is 3.68. The van der Waals surface area contributed by atoms with Gasteiger partial charge in [0.05, 0.1) is 6.04 Å². The molecule has 1 aromatic heterocycles. The molecule has 1 aromatic carbocycles. The Hall–Kier alpha value is -1.86. The second-order valence-electron chi connectivity index (χ2n) is 5.69. The average Bonchev–Trinajstić information content (AvgIpc) is 2.54. The van der Waals surface area contributed by atoms with E-state index in [0.717, 1.165) is 6.54 Å². The fourth-order valence-corrected chi connectivity index (χ4v) is 2.55. The van der Waals surface area contributed by atoms with E-state index in [2.05, 4.69) is 64.3 Å². The number of benzene rings is 1. The van der Waals surface area contributed by atoms with Crippen molar-refractivity contribution in [1.29, 1.82) is 0 Å². The molecule has 2 rings (SSSR count). The fraction of sp³-hybridized carbons (Fsp3) is 0.438. The molecule has 0 aliphatic carbocycles. The Morgan fingerprint density at radius 1 is 1.09 bits per heavy atom. The van der Waals surface area contributed by atoms with E-state index in [4.69, 9.17) is 5.73 Å². The number of hydrogen-bond donors (Lipinski definition) is 1. The van der Waals surface area contributed by atoms with Gasteiger partial charge in [-0.25, -0.2) is 0 Å². The summed E-state index contributed by atoms with van der Waals surface area (Å²) in [5, 5.41) is 0. The van der Waals surface area contributed by atoms with Gasteiger partial charge in [0, 0.05) is 25.5 Å². The Kier molecular flexibility index (Phi) is 5.79. The van der Waals surface area contributed by atoms with Gasteiger partial charge in [0.1, 0.15) is 0 Å². The van der Waals surface area contributed by atoms with Gasteiger partial charge in [0.25, 0.3) is 0 Å². The number of aromatic nitrogens is 3. The van der Waals surface area contributed by atoms with Crippen molar-refractivity contribution >= 4 is 23.7 Å². The van der Waals surface area contributed by atoms with Crippen LogP contribution in [0.2, 0.25) is 0 Å². The van der Waals surface area contributed by atoms with Gasteiger partial charge in [-0.15, -0.1) is 11.8 Å². The lowest BCUT2D eigenvalue weighted by atomic mass is 10.2. The average molecular weight is 332 g/mol. The Bertz CT molecular complexity index is 644. The lowest BCUT2D eigenvalue weighted by Crippen LogP contribution is -2.25. The molecule has 6 nitrogen and oxygen atoms in total. The van der Waals surface area contributed by atoms with Crippen molar-refractivity contribution in [3.63, 3.8) is 0 Å². The molecule has 0 fully saturated rings. The van der Waals surface area contributed by atoms with Crippen LogP contribution < -0.4 is 10.6 Å². The highest BCUT2D eigenvalue weighted by atomic mass is 32.2. The number of rotatable bonds is 6. The third-order valence-corrected chi connectivity index (χ3v) is 4.43. The minimum absolute atomic E-state index is 0.0410. The van der Waals surface area contributed by atoms with Crippen molar-refractivity contribution in [2.75, 3.05) is 38.0 Å². The summed E-state index contributed by atoms with van der Waals surface area (Å²) in [4.78, 5) is 18.2. The zero-order chi connectivity index (χ0) is 17.0. The Balaban J connectivity index is 2.13. The van der Waals surface area contributed by atoms with Crippen LogP contribution in [-0.2, 0) is 6.54 Å². The number of hydrogen-bond acceptors (Lipinski definition) is 7. The highest BCUT2D eigenvalue weighted by molar-refractivity contribution is 7.98. The maximum atomic E-state index is 5.81. The molecule has 0 amide bonds. The van der Waals surface area contributed by atoms with E-state index in [0.29, 0.717) is 11.8 Å². The molecule has 0 bridgehead atoms. The van der Waals surface area contributed by atoms with Crippen molar-refractivity contribution in [3.8, 4) is 0 Å². The first-order chi connectivity index (χ1) is 10.9. The lowest BCUT2D eigenvalue weighted by Gasteiger charge is -2.24. The predicted octanol–water partition coefficient (Wildman–Crippen LogP) is 2.43. The molecule has 0 saturated heterocycles. The molecule has 0 spiro atoms. The van der Waals surface area contributed by atoms with Crippen LogP contribution >= 0.6 is 11.8 Å². The van der Waals surface area contributed by atoms with E-state index < -0.39 is 0 Å². The molecule has 0 unspecified atom stereocenters. The molecule has 124 valence electrons. The Morgan fingerprint density at radius 2 is 1.74 bits per heavy atom. The number of thioether (sulfide) groups is 1. The Labute approximate surface area is 142 Å². The van der Waals surface area contributed by atoms with Crippen LogP contribution in [0.15, 0.2) is 29.2 Å². The van der Waals surface area contributed by atoms with Gasteiger partial charge in [-0.2, -0.15) is 15.0 Å². The third kappa shape index (κ3) is 4.56. The van der Waals surface area contributed by atoms with E-state index in [-0.39, 0.29) is 12.0 Å². The topological polar surface area (TPSA) is 71.2 Å². The van der Waals surface area contributed by atoms with Crippen LogP contribution in [0.1, 0.15) is 24.4 Å². The summed E-state index contributed by atoms with van der Waals surface area (Å²) in [5.74, 6) is 1.52. The number of anilines is 2. The number of nitrogens with zero attached hydrogens (tertiary/aromatic N) is 5. The molecule has 2 aromatic rings. The molecule has 1 heterocycles. The summed E-state index contributed by atoms with van der Waals surface area (Å²) in [7, 11) is 5.84. The van der Waals surface area contributed by atoms with Gasteiger partial charge in [0.2, 0.25) is 11.9 Å². The van der Waals surface area contributed by atoms with Crippen LogP contribution in [0.25, 0.3) is 0 Å². The second-order valence-corrected chi connectivity index (χ2v) is 6.57. The minimum Gasteiger partial charge on any atom is -0.368 e. The molecule has 23 heavy (non-hydrogen) atoms. The zero-order valence-electron chi connectivity index (χ0n) is 14.3. The highest BCUT2D eigenvalue weighted by Gasteiger charge is 2.17. The minimum atomic E-state index is 0.0410. The van der Waals surface area contributed by atoms with Gasteiger partial charge in [-0.05, 0) is 37.9 Å². The molecule has 0 aliphatic heterocycles. The second kappa shape index (κ2) is 7.61. The fourth-order valence-electron chi connectivity index (χ4n) is 2.14. The van der Waals surface area contributed by atoms with E-state index >= 15 is 0 Å². The first kappa shape index (κ1) is 17.5. The molecule has 0 aliphatic rings. The summed E-state index contributed by atoms with van der Waals surface area (Å²) in [6.07, 6.45) is 2.08. The summed E-state index contributed by atoms with van der Waals surface area (Å²) in [5.41, 5.74) is 7.07. The van der Waals surface area contributed by atoms with Gasteiger partial charge in [-0.1, -0.05) is 12.1 Å². The van der Waals surface area contributed by atoms with Crippen LogP contribution in [-0.4, -0.2) is 47.3 Å². The smallest absolute Gasteiger partial charge is 0.229 e. The largest absolute Gasteiger partial charge is 0.368 e. The maximum absolute atomic E-state index is 5.81. The van der Waals surface area contributed by atoms with Crippen LogP contribution in [0, 0.1) is 0 Å². The zero-order valence-corrected chi connectivity index (χ0v) is 15.1. The summed E-state index contributed by atoms with van der Waals surface area (Å²) < 4.78 is 0. The van der Waals surface area contributed by atoms with Crippen LogP contribution in [0.5, 0.6) is 0 Å². The normalized spacial score (nSPS) is 12.4. The lowest BCUT2D eigenvalue weighted by molar-refractivity contribution is 0.243. The monoisotopic (exact) mass is 332 g/mol. The molecule has 2 N–H and O–H groups in total. The maximum Gasteiger partial charge on any atom is 0.229 e. The molecular weight excluding hydrogens is 308 g/mol. The number of nitrogens with two attached hydrogens (primary N) is 1. The molecule has 7 heteroatoms. The van der Waals surface area contributed by atoms with Crippen LogP contribution in [0.3, 0.4) is 0 Å². The van der Waals surface area contributed by atoms with E-state index in [1.54, 1.807) is 11.8 Å². The first-order valence-corrected chi connectivity index (χ1v) is 8.65. The summed E-state index contributed by atoms with van der Waals surface area (Å²) in [6, 6.07) is 8.64. The molecular formula is C16H24N6S. The van der Waals surface area contributed by atoms with E-state index in [9.17, 15) is 0 Å². The van der Waals surface area contributed by atoms with Crippen molar-refractivity contribution in [3.05, 3.63) is 35.7 Å². The molecule has 1 atom stereocenters. The van der Waals surface area contributed by atoms with E-state index in [1.165, 1.54) is 10.5 Å². The molecule has 0 radical (unpaired) electrons. The highest BCUT2D eigenvalue weighted by Crippen LogP contribution is 2.21. The van der Waals surface area contributed by atoms with Crippen molar-refractivity contribution in [1.82, 2.24) is 19.9 Å². The van der Waals surface area contributed by atoms with Gasteiger partial charge in [-0.3, -0.25) is 4.90 Å². The SMILES string of the molecule is CSc1ccc(CN(C)[C@H](C)c2nc(N)nc(N(C)C)n2)cc1. The summed E-state index contributed by atoms with van der Waals surface area (Å²) in [6.45, 7) is 2.89. The van der Waals surface area contributed by atoms with Gasteiger partial charge >= 0.3 is 0 Å². The quantitative estimate of drug-likeness (QED) is 0.815. The van der Waals surface area contributed by atoms with Gasteiger partial charge < -0.3 is 10.6 Å². The number of nitrogen functional groups attached to an aromatic ring is 1. The first-order valence-electron chi connectivity index (χ1n) is 7.42. The van der Waals surface area contributed by atoms with Crippen LogP contribution in [0.4, 0.5) is 11.9 Å². The van der Waals surface area contributed by atoms with Crippen molar-refractivity contribution in [2.45, 2.75) is 24.4 Å². The van der Waals surface area contributed by atoms with Crippen molar-refractivity contribution < 1.29 is 0 Å². The standard InChI is InChI=1S/C16H24N6S/c1-11(14-18-15(17)20-16(19-14)21(2)3)22(4)10-12-6-8-13(23-5)9-7-12/h6-9,11H,10H2,1-5H3,(H2,17,18,19,20)/t11-/m1/s1. The van der Waals surface area contributed by atoms with Gasteiger partial charge in [0.15, 0.2) is 5.82 Å². The van der Waals surface area contributed by atoms with E-state index in [1.807, 2.05) is 19.0 Å². The Morgan fingerprint density at radius 3 is 2.30 bits per heavy atom.